The van der Waals surface area contributed by atoms with E-state index < -0.39 is 0 Å². The number of carbonyl (C=O) groups excluding carboxylic acids is 1. The van der Waals surface area contributed by atoms with E-state index in [2.05, 4.69) is 10.6 Å². The van der Waals surface area contributed by atoms with Crippen LogP contribution >= 0.6 is 0 Å². The van der Waals surface area contributed by atoms with Crippen LogP contribution in [0.3, 0.4) is 0 Å². The minimum atomic E-state index is -0.334. The molecule has 2 amide bonds. The quantitative estimate of drug-likeness (QED) is 0.888. The topological polar surface area (TPSA) is 59.6 Å². The molecule has 0 radical (unpaired) electrons. The summed E-state index contributed by atoms with van der Waals surface area (Å²) in [6.45, 7) is 0. The molecule has 2 rings (SSSR count). The monoisotopic (exact) mass is 298 g/mol. The second-order valence-electron chi connectivity index (χ2n) is 4.41. The van der Waals surface area contributed by atoms with Gasteiger partial charge in [0.1, 0.15) is 11.5 Å². The highest BCUT2D eigenvalue weighted by Crippen LogP contribution is 2.18. The van der Waals surface area contributed by atoms with Gasteiger partial charge in [0, 0.05) is 23.5 Å². The first-order valence-corrected chi connectivity index (χ1v) is 6.74. The van der Waals surface area contributed by atoms with Crippen LogP contribution in [-0.2, 0) is 0 Å². The first-order valence-electron chi connectivity index (χ1n) is 6.74. The van der Waals surface area contributed by atoms with Crippen LogP contribution in [0.2, 0.25) is 0 Å². The van der Waals surface area contributed by atoms with E-state index in [-0.39, 0.29) is 6.03 Å². The normalized spacial score (nSPS) is 10.3. The lowest BCUT2D eigenvalue weighted by atomic mass is 10.2. The number of hydrogen-bond acceptors (Lipinski definition) is 3. The average Bonchev–Trinajstić information content (AvgIpc) is 2.55. The fraction of sp³-hybridized carbons (Fsp3) is 0.118. The zero-order valence-corrected chi connectivity index (χ0v) is 12.5. The molecule has 114 valence electrons. The third-order valence-corrected chi connectivity index (χ3v) is 2.94. The van der Waals surface area contributed by atoms with Crippen LogP contribution in [-0.4, -0.2) is 20.3 Å². The van der Waals surface area contributed by atoms with Gasteiger partial charge >= 0.3 is 6.03 Å². The van der Waals surface area contributed by atoms with E-state index in [1.807, 2.05) is 30.3 Å². The highest BCUT2D eigenvalue weighted by molar-refractivity contribution is 5.90. The van der Waals surface area contributed by atoms with Crippen molar-refractivity contribution < 1.29 is 14.3 Å². The van der Waals surface area contributed by atoms with E-state index >= 15 is 0 Å². The number of para-hydroxylation sites is 1. The third kappa shape index (κ3) is 4.28. The van der Waals surface area contributed by atoms with E-state index in [1.54, 1.807) is 44.7 Å². The molecule has 0 aliphatic heterocycles. The first-order chi connectivity index (χ1) is 10.7. The molecule has 2 aromatic rings. The van der Waals surface area contributed by atoms with Gasteiger partial charge in [0.25, 0.3) is 0 Å². The highest BCUT2D eigenvalue weighted by atomic mass is 16.5. The molecule has 2 N–H and O–H groups in total. The van der Waals surface area contributed by atoms with Crippen molar-refractivity contribution in [2.45, 2.75) is 0 Å². The van der Waals surface area contributed by atoms with Gasteiger partial charge in [0.05, 0.1) is 14.2 Å². The summed E-state index contributed by atoms with van der Waals surface area (Å²) in [6.07, 6.45) is 3.33. The number of carbonyl (C=O) groups is 1. The zero-order valence-electron chi connectivity index (χ0n) is 12.5. The predicted molar refractivity (Wildman–Crippen MR) is 87.2 cm³/mol. The fourth-order valence-corrected chi connectivity index (χ4v) is 1.88. The van der Waals surface area contributed by atoms with Gasteiger partial charge < -0.3 is 20.1 Å². The number of amides is 2. The van der Waals surface area contributed by atoms with Crippen LogP contribution in [0.5, 0.6) is 11.5 Å². The molecular weight excluding hydrogens is 280 g/mol. The van der Waals surface area contributed by atoms with E-state index in [4.69, 9.17) is 9.47 Å². The van der Waals surface area contributed by atoms with Gasteiger partial charge in [0.2, 0.25) is 0 Å². The maximum atomic E-state index is 11.8. The molecule has 22 heavy (non-hydrogen) atoms. The van der Waals surface area contributed by atoms with Crippen molar-refractivity contribution in [3.63, 3.8) is 0 Å². The number of methoxy groups -OCH3 is 2. The fourth-order valence-electron chi connectivity index (χ4n) is 1.88. The van der Waals surface area contributed by atoms with Crippen molar-refractivity contribution in [3.05, 3.63) is 60.3 Å². The number of hydrogen-bond donors (Lipinski definition) is 2. The van der Waals surface area contributed by atoms with E-state index in [0.717, 1.165) is 11.3 Å². The van der Waals surface area contributed by atoms with Crippen LogP contribution in [0.25, 0.3) is 6.08 Å². The summed E-state index contributed by atoms with van der Waals surface area (Å²) in [5.41, 5.74) is 1.54. The predicted octanol–water partition coefficient (Wildman–Crippen LogP) is 3.50. The molecule has 0 fully saturated rings. The summed E-state index contributed by atoms with van der Waals surface area (Å²) in [6, 6.07) is 14.4. The summed E-state index contributed by atoms with van der Waals surface area (Å²) in [5.74, 6) is 1.43. The summed E-state index contributed by atoms with van der Waals surface area (Å²) in [7, 11) is 3.19. The summed E-state index contributed by atoms with van der Waals surface area (Å²) in [5, 5.41) is 5.36. The van der Waals surface area contributed by atoms with Crippen LogP contribution in [0.4, 0.5) is 10.5 Å². The zero-order chi connectivity index (χ0) is 15.8. The molecule has 0 saturated heterocycles. The Bertz CT molecular complexity index is 668. The smallest absolute Gasteiger partial charge is 0.323 e. The maximum Gasteiger partial charge on any atom is 0.323 e. The minimum Gasteiger partial charge on any atom is -0.497 e. The average molecular weight is 298 g/mol. The van der Waals surface area contributed by atoms with E-state index in [1.165, 1.54) is 0 Å². The lowest BCUT2D eigenvalue weighted by molar-refractivity contribution is 0.255. The van der Waals surface area contributed by atoms with Crippen molar-refractivity contribution in [1.82, 2.24) is 5.32 Å². The van der Waals surface area contributed by atoms with Gasteiger partial charge in [-0.15, -0.1) is 0 Å². The van der Waals surface area contributed by atoms with Gasteiger partial charge in [-0.3, -0.25) is 0 Å². The second-order valence-corrected chi connectivity index (χ2v) is 4.41. The van der Waals surface area contributed by atoms with Crippen LogP contribution < -0.4 is 20.1 Å². The largest absolute Gasteiger partial charge is 0.497 e. The Balaban J connectivity index is 1.93. The van der Waals surface area contributed by atoms with E-state index in [9.17, 15) is 4.79 Å². The molecule has 0 aromatic heterocycles. The second kappa shape index (κ2) is 7.73. The lowest BCUT2D eigenvalue weighted by Crippen LogP contribution is -2.23. The Morgan fingerprint density at radius 1 is 1.05 bits per heavy atom. The van der Waals surface area contributed by atoms with Crippen molar-refractivity contribution in [1.29, 1.82) is 0 Å². The van der Waals surface area contributed by atoms with Crippen LogP contribution in [0.15, 0.2) is 54.7 Å². The SMILES string of the molecule is COc1cccc(NC(=O)N/C=C/c2ccccc2OC)c1. The Kier molecular flexibility index (Phi) is 5.43. The van der Waals surface area contributed by atoms with Crippen molar-refractivity contribution in [3.8, 4) is 11.5 Å². The van der Waals surface area contributed by atoms with Gasteiger partial charge in [-0.05, 0) is 24.3 Å². The molecule has 0 spiro atoms. The van der Waals surface area contributed by atoms with Crippen LogP contribution in [0.1, 0.15) is 5.56 Å². The van der Waals surface area contributed by atoms with Crippen LogP contribution in [0, 0.1) is 0 Å². The van der Waals surface area contributed by atoms with Gasteiger partial charge in [0.15, 0.2) is 0 Å². The maximum absolute atomic E-state index is 11.8. The molecule has 0 aliphatic carbocycles. The number of rotatable bonds is 5. The Labute approximate surface area is 129 Å². The summed E-state index contributed by atoms with van der Waals surface area (Å²) >= 11 is 0. The molecule has 0 heterocycles. The van der Waals surface area contributed by atoms with Gasteiger partial charge in [-0.1, -0.05) is 24.3 Å². The highest BCUT2D eigenvalue weighted by Gasteiger charge is 2.01. The number of anilines is 1. The molecule has 0 atom stereocenters. The number of urea groups is 1. The number of nitrogens with one attached hydrogen (secondary N) is 2. The van der Waals surface area contributed by atoms with Gasteiger partial charge in [-0.25, -0.2) is 4.79 Å². The summed E-state index contributed by atoms with van der Waals surface area (Å²) in [4.78, 5) is 11.8. The number of benzene rings is 2. The summed E-state index contributed by atoms with van der Waals surface area (Å²) < 4.78 is 10.3. The minimum absolute atomic E-state index is 0.334. The third-order valence-electron chi connectivity index (χ3n) is 2.94. The first kappa shape index (κ1) is 15.4. The number of ether oxygens (including phenoxy) is 2. The molecule has 0 bridgehead atoms. The van der Waals surface area contributed by atoms with Crippen molar-refractivity contribution in [2.75, 3.05) is 19.5 Å². The molecule has 0 aliphatic rings. The van der Waals surface area contributed by atoms with Crippen molar-refractivity contribution >= 4 is 17.8 Å². The Morgan fingerprint density at radius 2 is 1.86 bits per heavy atom. The van der Waals surface area contributed by atoms with E-state index in [0.29, 0.717) is 11.4 Å². The molecule has 5 nitrogen and oxygen atoms in total. The molecule has 2 aromatic carbocycles. The standard InChI is InChI=1S/C17H18N2O3/c1-21-15-8-5-7-14(12-15)19-17(20)18-11-10-13-6-3-4-9-16(13)22-2/h3-12H,1-2H3,(H2,18,19,20)/b11-10+. The van der Waals surface area contributed by atoms with Crippen molar-refractivity contribution in [2.24, 2.45) is 0 Å². The van der Waals surface area contributed by atoms with Gasteiger partial charge in [-0.2, -0.15) is 0 Å². The lowest BCUT2D eigenvalue weighted by Gasteiger charge is -2.07. The molecule has 0 unspecified atom stereocenters. The Hall–Kier alpha value is -2.95. The molecule has 0 saturated carbocycles. The molecule has 5 heteroatoms. The Morgan fingerprint density at radius 3 is 2.64 bits per heavy atom. The molecular formula is C17H18N2O3.